The van der Waals surface area contributed by atoms with Gasteiger partial charge >= 0.3 is 0 Å². The molecular weight excluding hydrogens is 401 g/mol. The second kappa shape index (κ2) is 8.94. The van der Waals surface area contributed by atoms with Gasteiger partial charge in [-0.25, -0.2) is 13.2 Å². The zero-order valence-electron chi connectivity index (χ0n) is 17.2. The minimum absolute atomic E-state index is 0.184. The molecule has 4 rings (SSSR count). The Labute approximate surface area is 179 Å². The van der Waals surface area contributed by atoms with E-state index >= 15 is 0 Å². The molecule has 0 aromatic heterocycles. The summed E-state index contributed by atoms with van der Waals surface area (Å²) in [5, 5.41) is 0. The Kier molecular flexibility index (Phi) is 6.09. The summed E-state index contributed by atoms with van der Waals surface area (Å²) in [5.41, 5.74) is 2.91. The summed E-state index contributed by atoms with van der Waals surface area (Å²) in [6, 6.07) is 16.6. The SMILES string of the molecule is Cc1ccc(F)cc1C(=O)N1CCN(C(c2ccc(F)cc2)c2ccc(F)cc2)CC1. The van der Waals surface area contributed by atoms with Gasteiger partial charge in [0.15, 0.2) is 0 Å². The van der Waals surface area contributed by atoms with Crippen molar-refractivity contribution in [2.75, 3.05) is 26.2 Å². The number of nitrogens with zero attached hydrogens (tertiary/aromatic N) is 2. The van der Waals surface area contributed by atoms with E-state index in [-0.39, 0.29) is 23.6 Å². The molecule has 0 atom stereocenters. The number of hydrogen-bond acceptors (Lipinski definition) is 2. The molecule has 1 saturated heterocycles. The summed E-state index contributed by atoms with van der Waals surface area (Å²) in [6.07, 6.45) is 0. The largest absolute Gasteiger partial charge is 0.336 e. The highest BCUT2D eigenvalue weighted by molar-refractivity contribution is 5.95. The van der Waals surface area contributed by atoms with E-state index in [1.807, 2.05) is 0 Å². The zero-order valence-corrected chi connectivity index (χ0v) is 17.2. The van der Waals surface area contributed by atoms with Gasteiger partial charge in [-0.2, -0.15) is 0 Å². The zero-order chi connectivity index (χ0) is 22.0. The molecule has 0 bridgehead atoms. The lowest BCUT2D eigenvalue weighted by molar-refractivity contribution is 0.0596. The number of carbonyl (C=O) groups excluding carboxylic acids is 1. The van der Waals surface area contributed by atoms with Gasteiger partial charge in [-0.15, -0.1) is 0 Å². The molecule has 0 saturated carbocycles. The Morgan fingerprint density at radius 3 is 1.74 bits per heavy atom. The maximum atomic E-state index is 13.6. The fraction of sp³-hybridized carbons (Fsp3) is 0.240. The van der Waals surface area contributed by atoms with Crippen molar-refractivity contribution in [3.63, 3.8) is 0 Å². The molecule has 0 spiro atoms. The lowest BCUT2D eigenvalue weighted by Gasteiger charge is -2.40. The summed E-state index contributed by atoms with van der Waals surface area (Å²) >= 11 is 0. The molecule has 1 aliphatic rings. The Hall–Kier alpha value is -3.12. The van der Waals surface area contributed by atoms with Crippen molar-refractivity contribution in [3.05, 3.63) is 106 Å². The molecule has 31 heavy (non-hydrogen) atoms. The van der Waals surface area contributed by atoms with E-state index in [4.69, 9.17) is 0 Å². The molecule has 3 nitrogen and oxygen atoms in total. The third kappa shape index (κ3) is 4.64. The van der Waals surface area contributed by atoms with E-state index < -0.39 is 5.82 Å². The van der Waals surface area contributed by atoms with Crippen LogP contribution in [0.25, 0.3) is 0 Å². The highest BCUT2D eigenvalue weighted by Gasteiger charge is 2.29. The fourth-order valence-corrected chi connectivity index (χ4v) is 4.08. The van der Waals surface area contributed by atoms with E-state index in [1.54, 1.807) is 42.2 Å². The molecule has 0 radical (unpaired) electrons. The minimum atomic E-state index is -0.430. The second-order valence-electron chi connectivity index (χ2n) is 7.79. The van der Waals surface area contributed by atoms with Gasteiger partial charge in [0.2, 0.25) is 0 Å². The Bertz CT molecular complexity index is 1010. The van der Waals surface area contributed by atoms with Gasteiger partial charge in [-0.3, -0.25) is 9.69 Å². The number of rotatable bonds is 4. The quantitative estimate of drug-likeness (QED) is 0.591. The van der Waals surface area contributed by atoms with Crippen LogP contribution in [0.5, 0.6) is 0 Å². The number of hydrogen-bond donors (Lipinski definition) is 0. The third-order valence-corrected chi connectivity index (χ3v) is 5.77. The normalized spacial score (nSPS) is 14.8. The molecule has 1 heterocycles. The van der Waals surface area contributed by atoms with Crippen LogP contribution >= 0.6 is 0 Å². The highest BCUT2D eigenvalue weighted by Crippen LogP contribution is 2.30. The number of halogens is 3. The van der Waals surface area contributed by atoms with Gasteiger partial charge in [0, 0.05) is 31.7 Å². The van der Waals surface area contributed by atoms with Gasteiger partial charge in [0.1, 0.15) is 17.5 Å². The van der Waals surface area contributed by atoms with Crippen molar-refractivity contribution in [2.24, 2.45) is 0 Å². The molecule has 1 fully saturated rings. The van der Waals surface area contributed by atoms with Crippen LogP contribution in [0.3, 0.4) is 0 Å². The number of carbonyl (C=O) groups is 1. The molecule has 0 aliphatic carbocycles. The van der Waals surface area contributed by atoms with Crippen LogP contribution in [0.2, 0.25) is 0 Å². The van der Waals surface area contributed by atoms with Gasteiger partial charge in [-0.1, -0.05) is 30.3 Å². The summed E-state index contributed by atoms with van der Waals surface area (Å²) in [7, 11) is 0. The van der Waals surface area contributed by atoms with Crippen LogP contribution in [0.15, 0.2) is 66.7 Å². The molecule has 1 aliphatic heterocycles. The third-order valence-electron chi connectivity index (χ3n) is 5.77. The van der Waals surface area contributed by atoms with E-state index in [0.717, 1.165) is 16.7 Å². The Morgan fingerprint density at radius 2 is 1.23 bits per heavy atom. The van der Waals surface area contributed by atoms with Crippen LogP contribution in [0, 0.1) is 24.4 Å². The summed E-state index contributed by atoms with van der Waals surface area (Å²) in [4.78, 5) is 16.8. The predicted octanol–water partition coefficient (Wildman–Crippen LogP) is 4.96. The Balaban J connectivity index is 1.55. The topological polar surface area (TPSA) is 23.6 Å². The van der Waals surface area contributed by atoms with E-state index in [1.165, 1.54) is 36.4 Å². The van der Waals surface area contributed by atoms with Crippen molar-refractivity contribution in [3.8, 4) is 0 Å². The standard InChI is InChI=1S/C25H23F3N2O/c1-17-2-7-22(28)16-23(17)25(31)30-14-12-29(13-15-30)24(18-3-8-20(26)9-4-18)19-5-10-21(27)11-6-19/h2-11,16,24H,12-15H2,1H3. The lowest BCUT2D eigenvalue weighted by atomic mass is 9.96. The highest BCUT2D eigenvalue weighted by atomic mass is 19.1. The molecular formula is C25H23F3N2O. The first-order valence-electron chi connectivity index (χ1n) is 10.2. The maximum absolute atomic E-state index is 13.6. The van der Waals surface area contributed by atoms with Crippen molar-refractivity contribution in [2.45, 2.75) is 13.0 Å². The Morgan fingerprint density at radius 1 is 0.742 bits per heavy atom. The first-order valence-corrected chi connectivity index (χ1v) is 10.2. The van der Waals surface area contributed by atoms with Gasteiger partial charge < -0.3 is 4.90 Å². The predicted molar refractivity (Wildman–Crippen MR) is 113 cm³/mol. The van der Waals surface area contributed by atoms with Crippen molar-refractivity contribution in [1.82, 2.24) is 9.80 Å². The number of aryl methyl sites for hydroxylation is 1. The van der Waals surface area contributed by atoms with Crippen molar-refractivity contribution < 1.29 is 18.0 Å². The van der Waals surface area contributed by atoms with Crippen LogP contribution < -0.4 is 0 Å². The first kappa shape index (κ1) is 21.1. The first-order chi connectivity index (χ1) is 14.9. The fourth-order valence-electron chi connectivity index (χ4n) is 4.08. The van der Waals surface area contributed by atoms with Crippen molar-refractivity contribution in [1.29, 1.82) is 0 Å². The molecule has 3 aromatic rings. The van der Waals surface area contributed by atoms with E-state index in [9.17, 15) is 18.0 Å². The number of amides is 1. The van der Waals surface area contributed by atoms with Crippen LogP contribution in [0.1, 0.15) is 33.1 Å². The average molecular weight is 424 g/mol. The number of benzene rings is 3. The van der Waals surface area contributed by atoms with Gasteiger partial charge in [-0.05, 0) is 60.0 Å². The number of piperazine rings is 1. The van der Waals surface area contributed by atoms with Gasteiger partial charge in [0.05, 0.1) is 6.04 Å². The van der Waals surface area contributed by atoms with Crippen molar-refractivity contribution >= 4 is 5.91 Å². The van der Waals surface area contributed by atoms with Crippen LogP contribution in [-0.4, -0.2) is 41.9 Å². The molecule has 1 amide bonds. The lowest BCUT2D eigenvalue weighted by Crippen LogP contribution is -2.50. The monoisotopic (exact) mass is 424 g/mol. The molecule has 6 heteroatoms. The van der Waals surface area contributed by atoms with Crippen LogP contribution in [0.4, 0.5) is 13.2 Å². The van der Waals surface area contributed by atoms with Gasteiger partial charge in [0.25, 0.3) is 5.91 Å². The summed E-state index contributed by atoms with van der Waals surface area (Å²) in [6.45, 7) is 3.92. The second-order valence-corrected chi connectivity index (χ2v) is 7.79. The van der Waals surface area contributed by atoms with E-state index in [0.29, 0.717) is 31.7 Å². The molecule has 160 valence electrons. The maximum Gasteiger partial charge on any atom is 0.254 e. The molecule has 0 N–H and O–H groups in total. The van der Waals surface area contributed by atoms with E-state index in [2.05, 4.69) is 4.90 Å². The average Bonchev–Trinajstić information content (AvgIpc) is 2.78. The summed E-state index contributed by atoms with van der Waals surface area (Å²) < 4.78 is 40.6. The molecule has 0 unspecified atom stereocenters. The minimum Gasteiger partial charge on any atom is -0.336 e. The molecule has 3 aromatic carbocycles. The summed E-state index contributed by atoms with van der Waals surface area (Å²) in [5.74, 6) is -1.25. The smallest absolute Gasteiger partial charge is 0.254 e. The van der Waals surface area contributed by atoms with Crippen LogP contribution in [-0.2, 0) is 0 Å².